The Balaban J connectivity index is 2.22. The van der Waals surface area contributed by atoms with E-state index in [1.54, 1.807) is 42.5 Å². The van der Waals surface area contributed by atoms with Crippen molar-refractivity contribution in [3.8, 4) is 0 Å². The first-order valence-electron chi connectivity index (χ1n) is 5.66. The molecule has 2 rings (SSSR count). The van der Waals surface area contributed by atoms with Crippen LogP contribution in [0.2, 0.25) is 0 Å². The van der Waals surface area contributed by atoms with Crippen LogP contribution in [0.4, 0.5) is 0 Å². The van der Waals surface area contributed by atoms with Crippen LogP contribution in [0.5, 0.6) is 0 Å². The van der Waals surface area contributed by atoms with Gasteiger partial charge in [0.15, 0.2) is 0 Å². The Morgan fingerprint density at radius 3 is 2.83 bits per heavy atom. The van der Waals surface area contributed by atoms with Gasteiger partial charge in [-0.1, -0.05) is 6.92 Å². The lowest BCUT2D eigenvalue weighted by Crippen LogP contribution is -2.28. The number of sulfonamides is 1. The van der Waals surface area contributed by atoms with Crippen molar-refractivity contribution >= 4 is 10.0 Å². The standard InChI is InChI=1S/C11H16N4O2S/c1-3-10(11-12-5-6-13-11)14-18(16,17)9-4-7-15(2)8-9/h4-8,10,14H,3H2,1-2H3,(H,12,13). The van der Waals surface area contributed by atoms with Gasteiger partial charge in [-0.2, -0.15) is 0 Å². The summed E-state index contributed by atoms with van der Waals surface area (Å²) in [6, 6.07) is 1.22. The molecule has 2 aromatic rings. The summed E-state index contributed by atoms with van der Waals surface area (Å²) >= 11 is 0. The summed E-state index contributed by atoms with van der Waals surface area (Å²) in [6.45, 7) is 1.90. The number of hydrogen-bond acceptors (Lipinski definition) is 3. The van der Waals surface area contributed by atoms with Crippen molar-refractivity contribution in [2.75, 3.05) is 0 Å². The Kier molecular flexibility index (Phi) is 3.53. The minimum atomic E-state index is -3.51. The summed E-state index contributed by atoms with van der Waals surface area (Å²) in [5, 5.41) is 0. The number of aryl methyl sites for hydroxylation is 1. The zero-order valence-electron chi connectivity index (χ0n) is 10.3. The monoisotopic (exact) mass is 268 g/mol. The normalized spacial score (nSPS) is 13.7. The third-order valence-electron chi connectivity index (χ3n) is 2.67. The molecule has 1 atom stereocenters. The SMILES string of the molecule is CCC(NS(=O)(=O)c1ccn(C)c1)c1ncc[nH]1. The lowest BCUT2D eigenvalue weighted by atomic mass is 10.2. The summed E-state index contributed by atoms with van der Waals surface area (Å²) in [7, 11) is -1.73. The van der Waals surface area contributed by atoms with E-state index in [0.29, 0.717) is 12.2 Å². The van der Waals surface area contributed by atoms with Crippen LogP contribution in [0, 0.1) is 0 Å². The number of H-pyrrole nitrogens is 1. The van der Waals surface area contributed by atoms with Crippen LogP contribution < -0.4 is 4.72 Å². The molecular weight excluding hydrogens is 252 g/mol. The fourth-order valence-electron chi connectivity index (χ4n) is 1.69. The van der Waals surface area contributed by atoms with Crippen molar-refractivity contribution in [2.45, 2.75) is 24.3 Å². The molecule has 6 nitrogen and oxygen atoms in total. The number of imidazole rings is 1. The molecule has 2 N–H and O–H groups in total. The molecule has 2 heterocycles. The van der Waals surface area contributed by atoms with E-state index < -0.39 is 10.0 Å². The summed E-state index contributed by atoms with van der Waals surface area (Å²) in [5.41, 5.74) is 0. The molecule has 0 aliphatic carbocycles. The maximum Gasteiger partial charge on any atom is 0.242 e. The van der Waals surface area contributed by atoms with Gasteiger partial charge in [0.2, 0.25) is 10.0 Å². The Morgan fingerprint density at radius 2 is 2.33 bits per heavy atom. The molecule has 0 amide bonds. The van der Waals surface area contributed by atoms with Gasteiger partial charge in [0.25, 0.3) is 0 Å². The number of rotatable bonds is 5. The van der Waals surface area contributed by atoms with Crippen molar-refractivity contribution < 1.29 is 8.42 Å². The van der Waals surface area contributed by atoms with Crippen LogP contribution in [0.3, 0.4) is 0 Å². The number of aromatic nitrogens is 3. The van der Waals surface area contributed by atoms with Crippen molar-refractivity contribution in [3.63, 3.8) is 0 Å². The van der Waals surface area contributed by atoms with E-state index in [0.717, 1.165) is 0 Å². The quantitative estimate of drug-likeness (QED) is 0.854. The summed E-state index contributed by atoms with van der Waals surface area (Å²) in [5.74, 6) is 0.622. The number of aromatic amines is 1. The van der Waals surface area contributed by atoms with Crippen molar-refractivity contribution in [1.82, 2.24) is 19.3 Å². The van der Waals surface area contributed by atoms with E-state index >= 15 is 0 Å². The van der Waals surface area contributed by atoms with E-state index in [4.69, 9.17) is 0 Å². The van der Waals surface area contributed by atoms with Crippen LogP contribution in [0.25, 0.3) is 0 Å². The van der Waals surface area contributed by atoms with E-state index in [1.165, 1.54) is 0 Å². The minimum Gasteiger partial charge on any atom is -0.356 e. The second kappa shape index (κ2) is 4.95. The van der Waals surface area contributed by atoms with Crippen LogP contribution in [-0.4, -0.2) is 23.0 Å². The number of hydrogen-bond donors (Lipinski definition) is 2. The highest BCUT2D eigenvalue weighted by atomic mass is 32.2. The van der Waals surface area contributed by atoms with Crippen LogP contribution >= 0.6 is 0 Å². The zero-order valence-corrected chi connectivity index (χ0v) is 11.1. The maximum atomic E-state index is 12.1. The molecule has 1 unspecified atom stereocenters. The fraction of sp³-hybridized carbons (Fsp3) is 0.364. The largest absolute Gasteiger partial charge is 0.356 e. The van der Waals surface area contributed by atoms with Gasteiger partial charge < -0.3 is 9.55 Å². The van der Waals surface area contributed by atoms with Crippen molar-refractivity contribution in [1.29, 1.82) is 0 Å². The van der Waals surface area contributed by atoms with Crippen molar-refractivity contribution in [3.05, 3.63) is 36.7 Å². The van der Waals surface area contributed by atoms with E-state index in [2.05, 4.69) is 14.7 Å². The van der Waals surface area contributed by atoms with Gasteiger partial charge in [0.1, 0.15) is 5.82 Å². The molecule has 0 spiro atoms. The van der Waals surface area contributed by atoms with E-state index in [9.17, 15) is 8.42 Å². The smallest absolute Gasteiger partial charge is 0.242 e. The molecule has 2 aromatic heterocycles. The highest BCUT2D eigenvalue weighted by Gasteiger charge is 2.22. The van der Waals surface area contributed by atoms with Crippen molar-refractivity contribution in [2.24, 2.45) is 7.05 Å². The maximum absolute atomic E-state index is 12.1. The Morgan fingerprint density at radius 1 is 1.56 bits per heavy atom. The Bertz CT molecular complexity index is 601. The first-order valence-corrected chi connectivity index (χ1v) is 7.15. The Labute approximate surface area is 106 Å². The van der Waals surface area contributed by atoms with Gasteiger partial charge in [-0.3, -0.25) is 0 Å². The topological polar surface area (TPSA) is 79.8 Å². The van der Waals surface area contributed by atoms with E-state index in [-0.39, 0.29) is 10.9 Å². The van der Waals surface area contributed by atoms with Gasteiger partial charge in [0, 0.05) is 31.8 Å². The average Bonchev–Trinajstić information content (AvgIpc) is 2.96. The molecule has 0 saturated carbocycles. The average molecular weight is 268 g/mol. The van der Waals surface area contributed by atoms with Gasteiger partial charge in [-0.15, -0.1) is 0 Å². The number of nitrogens with zero attached hydrogens (tertiary/aromatic N) is 2. The van der Waals surface area contributed by atoms with Crippen LogP contribution in [0.1, 0.15) is 25.2 Å². The fourth-order valence-corrected chi connectivity index (χ4v) is 3.03. The first kappa shape index (κ1) is 12.8. The summed E-state index contributed by atoms with van der Waals surface area (Å²) in [4.78, 5) is 7.27. The number of nitrogens with one attached hydrogen (secondary N) is 2. The summed E-state index contributed by atoms with van der Waals surface area (Å²) < 4.78 is 28.6. The van der Waals surface area contributed by atoms with Crippen LogP contribution in [-0.2, 0) is 17.1 Å². The third-order valence-corrected chi connectivity index (χ3v) is 4.13. The van der Waals surface area contributed by atoms with Gasteiger partial charge in [-0.05, 0) is 12.5 Å². The third kappa shape index (κ3) is 2.62. The lowest BCUT2D eigenvalue weighted by Gasteiger charge is -2.14. The molecular formula is C11H16N4O2S. The van der Waals surface area contributed by atoms with Crippen LogP contribution in [0.15, 0.2) is 35.7 Å². The van der Waals surface area contributed by atoms with E-state index in [1.807, 2.05) is 6.92 Å². The molecule has 0 radical (unpaired) electrons. The predicted molar refractivity (Wildman–Crippen MR) is 67.4 cm³/mol. The highest BCUT2D eigenvalue weighted by Crippen LogP contribution is 2.17. The second-order valence-electron chi connectivity index (χ2n) is 4.07. The first-order chi connectivity index (χ1) is 8.53. The lowest BCUT2D eigenvalue weighted by molar-refractivity contribution is 0.539. The molecule has 7 heteroatoms. The Hall–Kier alpha value is -1.60. The predicted octanol–water partition coefficient (Wildman–Crippen LogP) is 1.18. The molecule has 0 aliphatic heterocycles. The zero-order chi connectivity index (χ0) is 13.2. The minimum absolute atomic E-state index is 0.259. The highest BCUT2D eigenvalue weighted by molar-refractivity contribution is 7.89. The molecule has 0 aromatic carbocycles. The van der Waals surface area contributed by atoms with Gasteiger partial charge in [-0.25, -0.2) is 18.1 Å². The molecule has 98 valence electrons. The van der Waals surface area contributed by atoms with Gasteiger partial charge >= 0.3 is 0 Å². The molecule has 0 aliphatic rings. The molecule has 0 bridgehead atoms. The molecule has 18 heavy (non-hydrogen) atoms. The molecule has 0 fully saturated rings. The second-order valence-corrected chi connectivity index (χ2v) is 5.78. The summed E-state index contributed by atoms with van der Waals surface area (Å²) in [6.07, 6.45) is 7.17. The van der Waals surface area contributed by atoms with Gasteiger partial charge in [0.05, 0.1) is 10.9 Å². The molecule has 0 saturated heterocycles.